The summed E-state index contributed by atoms with van der Waals surface area (Å²) >= 11 is 0. The second-order valence-electron chi connectivity index (χ2n) is 5.10. The number of likely N-dealkylation sites (tertiary alicyclic amines) is 1. The molecule has 1 saturated heterocycles. The van der Waals surface area contributed by atoms with E-state index in [1.807, 2.05) is 4.90 Å². The summed E-state index contributed by atoms with van der Waals surface area (Å²) < 4.78 is 0. The van der Waals surface area contributed by atoms with E-state index in [0.29, 0.717) is 12.8 Å². The maximum Gasteiger partial charge on any atom is 0.222 e. The Morgan fingerprint density at radius 2 is 2.00 bits per heavy atom. The molecular weight excluding hydrogens is 214 g/mol. The van der Waals surface area contributed by atoms with E-state index in [4.69, 9.17) is 0 Å². The minimum atomic E-state index is 0.166. The molecule has 1 aliphatic rings. The molecule has 0 spiro atoms. The standard InChI is InChI=1S/C14H25NO2/c1-3-4-9-14(17)15-10-7-5-6-8-13(15)11-12(2)16/h13H,3-11H2,1-2H3. The molecule has 17 heavy (non-hydrogen) atoms. The van der Waals surface area contributed by atoms with Gasteiger partial charge >= 0.3 is 0 Å². The predicted molar refractivity (Wildman–Crippen MR) is 68.8 cm³/mol. The zero-order valence-electron chi connectivity index (χ0n) is 11.2. The molecule has 1 aliphatic heterocycles. The molecule has 1 atom stereocenters. The van der Waals surface area contributed by atoms with Crippen molar-refractivity contribution in [2.45, 2.75) is 71.3 Å². The molecule has 98 valence electrons. The lowest BCUT2D eigenvalue weighted by Gasteiger charge is -2.29. The van der Waals surface area contributed by atoms with Crippen molar-refractivity contribution in [2.75, 3.05) is 6.54 Å². The molecule has 1 amide bonds. The fraction of sp³-hybridized carbons (Fsp3) is 0.857. The van der Waals surface area contributed by atoms with E-state index in [9.17, 15) is 9.59 Å². The van der Waals surface area contributed by atoms with E-state index in [1.54, 1.807) is 6.92 Å². The van der Waals surface area contributed by atoms with Gasteiger partial charge in [-0.15, -0.1) is 0 Å². The van der Waals surface area contributed by atoms with E-state index in [0.717, 1.165) is 38.6 Å². The number of carbonyl (C=O) groups excluding carboxylic acids is 2. The van der Waals surface area contributed by atoms with Crippen molar-refractivity contribution >= 4 is 11.7 Å². The Hall–Kier alpha value is -0.860. The zero-order chi connectivity index (χ0) is 12.7. The molecule has 1 heterocycles. The van der Waals surface area contributed by atoms with Crippen molar-refractivity contribution < 1.29 is 9.59 Å². The van der Waals surface area contributed by atoms with Crippen molar-refractivity contribution in [3.8, 4) is 0 Å². The van der Waals surface area contributed by atoms with Gasteiger partial charge in [0.1, 0.15) is 5.78 Å². The lowest BCUT2D eigenvalue weighted by atomic mass is 10.0. The number of rotatable bonds is 5. The molecule has 0 saturated carbocycles. The van der Waals surface area contributed by atoms with Crippen LogP contribution in [0.5, 0.6) is 0 Å². The molecule has 0 bridgehead atoms. The van der Waals surface area contributed by atoms with Crippen LogP contribution >= 0.6 is 0 Å². The van der Waals surface area contributed by atoms with Crippen LogP contribution in [-0.2, 0) is 9.59 Å². The van der Waals surface area contributed by atoms with Gasteiger partial charge in [0, 0.05) is 25.4 Å². The first kappa shape index (κ1) is 14.2. The molecule has 0 aliphatic carbocycles. The van der Waals surface area contributed by atoms with Gasteiger partial charge in [0.15, 0.2) is 0 Å². The van der Waals surface area contributed by atoms with E-state index in [2.05, 4.69) is 6.92 Å². The summed E-state index contributed by atoms with van der Waals surface area (Å²) in [5.74, 6) is 0.449. The second kappa shape index (κ2) is 7.46. The summed E-state index contributed by atoms with van der Waals surface area (Å²) in [6.45, 7) is 4.57. The van der Waals surface area contributed by atoms with Crippen LogP contribution in [0.15, 0.2) is 0 Å². The summed E-state index contributed by atoms with van der Waals surface area (Å²) in [5.41, 5.74) is 0. The third-order valence-corrected chi connectivity index (χ3v) is 3.46. The van der Waals surface area contributed by atoms with Gasteiger partial charge in [0.05, 0.1) is 0 Å². The molecule has 0 aromatic carbocycles. The minimum Gasteiger partial charge on any atom is -0.339 e. The molecule has 1 rings (SSSR count). The Bertz CT molecular complexity index is 263. The molecular formula is C14H25NO2. The zero-order valence-corrected chi connectivity index (χ0v) is 11.2. The van der Waals surface area contributed by atoms with Crippen molar-refractivity contribution in [3.05, 3.63) is 0 Å². The van der Waals surface area contributed by atoms with Crippen LogP contribution in [0.25, 0.3) is 0 Å². The van der Waals surface area contributed by atoms with Crippen molar-refractivity contribution in [1.82, 2.24) is 4.90 Å². The Labute approximate surface area is 105 Å². The highest BCUT2D eigenvalue weighted by atomic mass is 16.2. The lowest BCUT2D eigenvalue weighted by Crippen LogP contribution is -2.40. The first-order valence-corrected chi connectivity index (χ1v) is 6.94. The molecule has 1 unspecified atom stereocenters. The minimum absolute atomic E-state index is 0.166. The quantitative estimate of drug-likeness (QED) is 0.739. The van der Waals surface area contributed by atoms with Crippen molar-refractivity contribution in [2.24, 2.45) is 0 Å². The third-order valence-electron chi connectivity index (χ3n) is 3.46. The topological polar surface area (TPSA) is 37.4 Å². The number of hydrogen-bond donors (Lipinski definition) is 0. The number of Topliss-reactive ketones (excluding diaryl/α,β-unsaturated/α-hetero) is 1. The number of ketones is 1. The molecule has 3 heteroatoms. The van der Waals surface area contributed by atoms with Crippen molar-refractivity contribution in [3.63, 3.8) is 0 Å². The average Bonchev–Trinajstić information content (AvgIpc) is 2.50. The number of hydrogen-bond acceptors (Lipinski definition) is 2. The maximum absolute atomic E-state index is 12.1. The molecule has 1 fully saturated rings. The van der Waals surface area contributed by atoms with Crippen LogP contribution in [0.3, 0.4) is 0 Å². The first-order chi connectivity index (χ1) is 8.15. The predicted octanol–water partition coefficient (Wildman–Crippen LogP) is 2.93. The number of carbonyl (C=O) groups is 2. The number of amides is 1. The SMILES string of the molecule is CCCCC(=O)N1CCCCCC1CC(C)=O. The summed E-state index contributed by atoms with van der Waals surface area (Å²) in [4.78, 5) is 25.4. The smallest absolute Gasteiger partial charge is 0.222 e. The first-order valence-electron chi connectivity index (χ1n) is 6.94. The highest BCUT2D eigenvalue weighted by molar-refractivity contribution is 5.79. The van der Waals surface area contributed by atoms with Gasteiger partial charge in [0.2, 0.25) is 5.91 Å². The fourth-order valence-corrected chi connectivity index (χ4v) is 2.52. The normalized spacial score (nSPS) is 21.1. The van der Waals surface area contributed by atoms with Gasteiger partial charge in [0.25, 0.3) is 0 Å². The van der Waals surface area contributed by atoms with E-state index in [1.165, 1.54) is 6.42 Å². The van der Waals surface area contributed by atoms with Gasteiger partial charge in [-0.2, -0.15) is 0 Å². The fourth-order valence-electron chi connectivity index (χ4n) is 2.52. The molecule has 0 aromatic rings. The maximum atomic E-state index is 12.1. The lowest BCUT2D eigenvalue weighted by molar-refractivity contribution is -0.134. The molecule has 3 nitrogen and oxygen atoms in total. The van der Waals surface area contributed by atoms with E-state index < -0.39 is 0 Å². The Kier molecular flexibility index (Phi) is 6.23. The van der Waals surface area contributed by atoms with Crippen LogP contribution in [0.4, 0.5) is 0 Å². The van der Waals surface area contributed by atoms with Crippen LogP contribution in [0.2, 0.25) is 0 Å². The summed E-state index contributed by atoms with van der Waals surface area (Å²) in [6.07, 6.45) is 7.62. The van der Waals surface area contributed by atoms with Gasteiger partial charge < -0.3 is 4.90 Å². The highest BCUT2D eigenvalue weighted by Crippen LogP contribution is 2.21. The monoisotopic (exact) mass is 239 g/mol. The summed E-state index contributed by atoms with van der Waals surface area (Å²) in [5, 5.41) is 0. The molecule has 0 N–H and O–H groups in total. The van der Waals surface area contributed by atoms with Crippen LogP contribution in [-0.4, -0.2) is 29.2 Å². The molecule has 0 aromatic heterocycles. The average molecular weight is 239 g/mol. The Morgan fingerprint density at radius 1 is 1.24 bits per heavy atom. The third kappa shape index (κ3) is 4.88. The van der Waals surface area contributed by atoms with Crippen LogP contribution in [0, 0.1) is 0 Å². The largest absolute Gasteiger partial charge is 0.339 e. The number of nitrogens with zero attached hydrogens (tertiary/aromatic N) is 1. The Morgan fingerprint density at radius 3 is 2.65 bits per heavy atom. The van der Waals surface area contributed by atoms with Gasteiger partial charge in [-0.3, -0.25) is 9.59 Å². The van der Waals surface area contributed by atoms with E-state index in [-0.39, 0.29) is 17.7 Å². The summed E-state index contributed by atoms with van der Waals surface area (Å²) in [7, 11) is 0. The van der Waals surface area contributed by atoms with E-state index >= 15 is 0 Å². The van der Waals surface area contributed by atoms with Gasteiger partial charge in [-0.1, -0.05) is 26.2 Å². The van der Waals surface area contributed by atoms with Crippen molar-refractivity contribution in [1.29, 1.82) is 0 Å². The highest BCUT2D eigenvalue weighted by Gasteiger charge is 2.25. The molecule has 0 radical (unpaired) electrons. The van der Waals surface area contributed by atoms with Crippen LogP contribution < -0.4 is 0 Å². The second-order valence-corrected chi connectivity index (χ2v) is 5.10. The van der Waals surface area contributed by atoms with Gasteiger partial charge in [-0.05, 0) is 26.2 Å². The Balaban J connectivity index is 2.60. The van der Waals surface area contributed by atoms with Crippen LogP contribution in [0.1, 0.15) is 65.2 Å². The van der Waals surface area contributed by atoms with Gasteiger partial charge in [-0.25, -0.2) is 0 Å². The summed E-state index contributed by atoms with van der Waals surface area (Å²) in [6, 6.07) is 0.166. The number of unbranched alkanes of at least 4 members (excludes halogenated alkanes) is 1.